The number of β-amino-alcohol motifs (C(OH)–C–C–N with tert-alkyl or cyclic N) is 1. The number of urea groups is 1. The van der Waals surface area contributed by atoms with Crippen LogP contribution in [0.5, 0.6) is 0 Å². The van der Waals surface area contributed by atoms with E-state index in [1.807, 2.05) is 11.0 Å². The van der Waals surface area contributed by atoms with Crippen LogP contribution in [0.3, 0.4) is 0 Å². The van der Waals surface area contributed by atoms with Crippen LogP contribution in [0.25, 0.3) is 0 Å². The first kappa shape index (κ1) is 33.6. The first-order chi connectivity index (χ1) is 20.7. The summed E-state index contributed by atoms with van der Waals surface area (Å²) in [5.74, 6) is -0.205. The Morgan fingerprint density at radius 1 is 0.907 bits per heavy atom. The number of hydrogen-bond acceptors (Lipinski definition) is 8. The van der Waals surface area contributed by atoms with Gasteiger partial charge in [0.05, 0.1) is 63.9 Å². The van der Waals surface area contributed by atoms with Gasteiger partial charge in [-0.1, -0.05) is 30.3 Å². The molecule has 3 aliphatic rings. The van der Waals surface area contributed by atoms with Gasteiger partial charge in [-0.05, 0) is 64.6 Å². The van der Waals surface area contributed by atoms with Crippen molar-refractivity contribution in [2.24, 2.45) is 0 Å². The minimum Gasteiger partial charge on any atom is -0.388 e. The number of nitrogens with zero attached hydrogens (tertiary/aromatic N) is 3. The number of nitrogens with one attached hydrogen (secondary N) is 1. The maximum absolute atomic E-state index is 13.8. The van der Waals surface area contributed by atoms with Gasteiger partial charge in [-0.25, -0.2) is 4.79 Å². The molecule has 4 rings (SSSR count). The molecule has 0 unspecified atom stereocenters. The topological polar surface area (TPSA) is 113 Å². The summed E-state index contributed by atoms with van der Waals surface area (Å²) in [6, 6.07) is 10.5. The number of amides is 3. The molecule has 0 atom stereocenters. The summed E-state index contributed by atoms with van der Waals surface area (Å²) in [6.45, 7) is 4.54. The minimum atomic E-state index is -0.825. The summed E-state index contributed by atoms with van der Waals surface area (Å²) < 4.78 is 21.3. The highest BCUT2D eigenvalue weighted by atomic mass is 16.6. The Bertz CT molecular complexity index is 1010. The maximum Gasteiger partial charge on any atom is 0.321 e. The van der Waals surface area contributed by atoms with Crippen LogP contribution in [0.4, 0.5) is 4.79 Å². The lowest BCUT2D eigenvalue weighted by Gasteiger charge is -2.52. The smallest absolute Gasteiger partial charge is 0.321 e. The van der Waals surface area contributed by atoms with Crippen LogP contribution in [-0.4, -0.2) is 137 Å². The molecule has 3 amide bonds. The van der Waals surface area contributed by atoms with E-state index >= 15 is 0 Å². The predicted molar refractivity (Wildman–Crippen MR) is 163 cm³/mol. The predicted octanol–water partition coefficient (Wildman–Crippen LogP) is 2.22. The lowest BCUT2D eigenvalue weighted by atomic mass is 9.67. The Hall–Kier alpha value is -2.28. The summed E-state index contributed by atoms with van der Waals surface area (Å²) >= 11 is 0. The number of carbonyl (C=O) groups is 2. The van der Waals surface area contributed by atoms with Crippen molar-refractivity contribution in [3.05, 3.63) is 35.9 Å². The third-order valence-corrected chi connectivity index (χ3v) is 9.55. The highest BCUT2D eigenvalue weighted by molar-refractivity contribution is 5.86. The molecule has 0 radical (unpaired) electrons. The zero-order valence-corrected chi connectivity index (χ0v) is 26.4. The van der Waals surface area contributed by atoms with E-state index in [0.29, 0.717) is 78.7 Å². The lowest BCUT2D eigenvalue weighted by Crippen LogP contribution is -2.59. The number of benzene rings is 1. The van der Waals surface area contributed by atoms with Crippen LogP contribution in [0, 0.1) is 0 Å². The Labute approximate surface area is 256 Å². The van der Waals surface area contributed by atoms with Crippen LogP contribution in [-0.2, 0) is 29.3 Å². The molecule has 2 saturated carbocycles. The van der Waals surface area contributed by atoms with Crippen LogP contribution in [0.1, 0.15) is 50.5 Å². The third-order valence-electron chi connectivity index (χ3n) is 9.55. The van der Waals surface area contributed by atoms with Crippen LogP contribution in [0.15, 0.2) is 30.3 Å². The second-order valence-electron chi connectivity index (χ2n) is 12.5. The largest absolute Gasteiger partial charge is 0.388 e. The van der Waals surface area contributed by atoms with E-state index in [0.717, 1.165) is 32.1 Å². The molecule has 11 nitrogen and oxygen atoms in total. The van der Waals surface area contributed by atoms with E-state index in [1.165, 1.54) is 5.56 Å². The first-order valence-corrected chi connectivity index (χ1v) is 15.7. The molecular formula is C32H52N4O7. The van der Waals surface area contributed by atoms with E-state index < -0.39 is 11.1 Å². The molecule has 1 aliphatic heterocycles. The molecule has 43 heavy (non-hydrogen) atoms. The van der Waals surface area contributed by atoms with E-state index in [9.17, 15) is 14.7 Å². The van der Waals surface area contributed by atoms with Gasteiger partial charge >= 0.3 is 6.03 Å². The quantitative estimate of drug-likeness (QED) is 0.246. The number of aliphatic hydroxyl groups is 1. The molecular weight excluding hydrogens is 552 g/mol. The molecule has 242 valence electrons. The number of carbonyl (C=O) groups excluding carboxylic acids is 2. The minimum absolute atomic E-state index is 0.000791. The van der Waals surface area contributed by atoms with Gasteiger partial charge in [0.2, 0.25) is 5.91 Å². The maximum atomic E-state index is 13.8. The van der Waals surface area contributed by atoms with Crippen LogP contribution >= 0.6 is 0 Å². The van der Waals surface area contributed by atoms with Gasteiger partial charge in [0, 0.05) is 25.7 Å². The van der Waals surface area contributed by atoms with Crippen molar-refractivity contribution in [3.8, 4) is 0 Å². The molecule has 0 bridgehead atoms. The number of hydrogen-bond donors (Lipinski definition) is 2. The van der Waals surface area contributed by atoms with Gasteiger partial charge in [-0.3, -0.25) is 9.69 Å². The monoisotopic (exact) mass is 604 g/mol. The zero-order valence-electron chi connectivity index (χ0n) is 26.4. The standard InChI is InChI=1S/C32H52N4O7/c1-34(2)32(27-8-5-4-6-9-27)14-12-30(13-15-32)25-35(29(38)36(30)26-31(39)10-7-11-31)24-28(37)33-16-17-41-20-21-43-23-22-42-19-18-40-3/h4-6,8-9,39H,7,10-26H2,1-3H3,(H,33,37). The fourth-order valence-corrected chi connectivity index (χ4v) is 6.75. The summed E-state index contributed by atoms with van der Waals surface area (Å²) in [5.41, 5.74) is -0.0357. The van der Waals surface area contributed by atoms with Crippen molar-refractivity contribution in [1.82, 2.24) is 20.0 Å². The summed E-state index contributed by atoms with van der Waals surface area (Å²) in [5, 5.41) is 14.0. The highest BCUT2D eigenvalue weighted by Gasteiger charge is 2.56. The van der Waals surface area contributed by atoms with Crippen molar-refractivity contribution in [3.63, 3.8) is 0 Å². The molecule has 0 aromatic heterocycles. The average molecular weight is 605 g/mol. The lowest BCUT2D eigenvalue weighted by molar-refractivity contribution is -0.121. The molecule has 1 aromatic rings. The third kappa shape index (κ3) is 8.46. The average Bonchev–Trinajstić information content (AvgIpc) is 3.22. The van der Waals surface area contributed by atoms with Crippen molar-refractivity contribution >= 4 is 11.9 Å². The van der Waals surface area contributed by atoms with Gasteiger partial charge in [0.15, 0.2) is 0 Å². The summed E-state index contributed by atoms with van der Waals surface area (Å²) in [7, 11) is 5.90. The van der Waals surface area contributed by atoms with E-state index in [4.69, 9.17) is 18.9 Å². The van der Waals surface area contributed by atoms with Crippen molar-refractivity contribution < 1.29 is 33.6 Å². The van der Waals surface area contributed by atoms with Gasteiger partial charge in [-0.15, -0.1) is 0 Å². The second-order valence-corrected chi connectivity index (χ2v) is 12.5. The fraction of sp³-hybridized carbons (Fsp3) is 0.750. The van der Waals surface area contributed by atoms with Crippen molar-refractivity contribution in [2.45, 2.75) is 61.6 Å². The normalized spacial score (nSPS) is 25.0. The highest BCUT2D eigenvalue weighted by Crippen LogP contribution is 2.50. The SMILES string of the molecule is COCCOCCOCCOCCNC(=O)CN1CC2(CCC(c3ccccc3)(N(C)C)CC2)N(CC2(O)CCC2)C1=O. The molecule has 1 aromatic carbocycles. The second kappa shape index (κ2) is 15.6. The van der Waals surface area contributed by atoms with Crippen LogP contribution < -0.4 is 5.32 Å². The van der Waals surface area contributed by atoms with E-state index in [1.54, 1.807) is 12.0 Å². The fourth-order valence-electron chi connectivity index (χ4n) is 6.75. The molecule has 1 spiro atoms. The number of methoxy groups -OCH3 is 1. The van der Waals surface area contributed by atoms with Crippen molar-refractivity contribution in [2.75, 3.05) is 93.6 Å². The molecule has 2 aliphatic carbocycles. The van der Waals surface area contributed by atoms with Gasteiger partial charge in [-0.2, -0.15) is 0 Å². The Morgan fingerprint density at radius 2 is 1.51 bits per heavy atom. The first-order valence-electron chi connectivity index (χ1n) is 15.7. The summed E-state index contributed by atoms with van der Waals surface area (Å²) in [4.78, 5) is 32.5. The number of ether oxygens (including phenoxy) is 4. The number of rotatable bonds is 18. The Kier molecular flexibility index (Phi) is 12.2. The molecule has 2 N–H and O–H groups in total. The zero-order chi connectivity index (χ0) is 30.8. The van der Waals surface area contributed by atoms with Gasteiger partial charge < -0.3 is 39.2 Å². The Balaban J connectivity index is 1.26. The van der Waals surface area contributed by atoms with E-state index in [-0.39, 0.29) is 24.0 Å². The summed E-state index contributed by atoms with van der Waals surface area (Å²) in [6.07, 6.45) is 5.83. The van der Waals surface area contributed by atoms with Gasteiger partial charge in [0.1, 0.15) is 6.54 Å². The van der Waals surface area contributed by atoms with E-state index in [2.05, 4.69) is 48.6 Å². The molecule has 1 heterocycles. The Morgan fingerprint density at radius 3 is 2.07 bits per heavy atom. The molecule has 1 saturated heterocycles. The van der Waals surface area contributed by atoms with Gasteiger partial charge in [0.25, 0.3) is 0 Å². The van der Waals surface area contributed by atoms with Crippen LogP contribution in [0.2, 0.25) is 0 Å². The van der Waals surface area contributed by atoms with Crippen molar-refractivity contribution in [1.29, 1.82) is 0 Å². The molecule has 11 heteroatoms. The molecule has 3 fully saturated rings.